The van der Waals surface area contributed by atoms with Gasteiger partial charge >= 0.3 is 0 Å². The van der Waals surface area contributed by atoms with Gasteiger partial charge in [-0.2, -0.15) is 0 Å². The molecule has 0 atom stereocenters. The lowest BCUT2D eigenvalue weighted by Crippen LogP contribution is -2.12. The van der Waals surface area contributed by atoms with Gasteiger partial charge in [0, 0.05) is 15.4 Å². The summed E-state index contributed by atoms with van der Waals surface area (Å²) in [5.41, 5.74) is 2.04. The summed E-state index contributed by atoms with van der Waals surface area (Å²) in [5.74, 6) is -0.0176. The highest BCUT2D eigenvalue weighted by Gasteiger charge is 2.18. The van der Waals surface area contributed by atoms with Gasteiger partial charge in [0.15, 0.2) is 5.76 Å². The van der Waals surface area contributed by atoms with E-state index in [-0.39, 0.29) is 5.91 Å². The average Bonchev–Trinajstić information content (AvgIpc) is 2.78. The Morgan fingerprint density at radius 3 is 2.76 bits per heavy atom. The van der Waals surface area contributed by atoms with Crippen molar-refractivity contribution in [1.82, 2.24) is 0 Å². The summed E-state index contributed by atoms with van der Waals surface area (Å²) >= 11 is 9.43. The number of para-hydroxylation sites is 1. The minimum Gasteiger partial charge on any atom is -0.451 e. The van der Waals surface area contributed by atoms with Gasteiger partial charge in [0.05, 0.1) is 10.7 Å². The van der Waals surface area contributed by atoms with Crippen LogP contribution in [-0.4, -0.2) is 5.91 Å². The summed E-state index contributed by atoms with van der Waals surface area (Å²) < 4.78 is 6.57. The highest BCUT2D eigenvalue weighted by molar-refractivity contribution is 9.10. The lowest BCUT2D eigenvalue weighted by atomic mass is 10.1. The second-order valence-corrected chi connectivity index (χ2v) is 5.95. The van der Waals surface area contributed by atoms with E-state index < -0.39 is 0 Å². The molecule has 0 saturated carbocycles. The Labute approximate surface area is 135 Å². The summed E-state index contributed by atoms with van der Waals surface area (Å²) in [5, 5.41) is 4.17. The molecule has 0 aliphatic carbocycles. The van der Waals surface area contributed by atoms with Crippen LogP contribution in [0.4, 0.5) is 5.69 Å². The molecule has 5 heteroatoms. The topological polar surface area (TPSA) is 42.2 Å². The van der Waals surface area contributed by atoms with Crippen molar-refractivity contribution in [2.24, 2.45) is 0 Å². The van der Waals surface area contributed by atoms with Crippen LogP contribution >= 0.6 is 27.5 Å². The molecule has 2 aromatic carbocycles. The molecular formula is C16H11BrClNO2. The number of fused-ring (bicyclic) bond motifs is 1. The lowest BCUT2D eigenvalue weighted by molar-refractivity contribution is 0.0998. The van der Waals surface area contributed by atoms with Crippen molar-refractivity contribution in [3.63, 3.8) is 0 Å². The highest BCUT2D eigenvalue weighted by atomic mass is 79.9. The normalized spacial score (nSPS) is 10.8. The molecule has 3 rings (SSSR count). The van der Waals surface area contributed by atoms with Crippen molar-refractivity contribution in [3.05, 3.63) is 63.3 Å². The van der Waals surface area contributed by atoms with Gasteiger partial charge in [-0.15, -0.1) is 0 Å². The maximum atomic E-state index is 12.4. The van der Waals surface area contributed by atoms with Gasteiger partial charge in [-0.1, -0.05) is 39.7 Å². The molecule has 1 aromatic heterocycles. The predicted molar refractivity (Wildman–Crippen MR) is 88.1 cm³/mol. The Bertz CT molecular complexity index is 841. The van der Waals surface area contributed by atoms with Crippen LogP contribution in [0, 0.1) is 6.92 Å². The molecule has 0 aliphatic heterocycles. The summed E-state index contributed by atoms with van der Waals surface area (Å²) in [7, 11) is 0. The summed E-state index contributed by atoms with van der Waals surface area (Å²) in [6.45, 7) is 1.86. The van der Waals surface area contributed by atoms with Crippen molar-refractivity contribution >= 4 is 50.1 Å². The maximum Gasteiger partial charge on any atom is 0.291 e. The molecule has 0 unspecified atom stereocenters. The smallest absolute Gasteiger partial charge is 0.291 e. The summed E-state index contributed by atoms with van der Waals surface area (Å²) in [6, 6.07) is 12.8. The quantitative estimate of drug-likeness (QED) is 0.660. The number of carbonyl (C=O) groups is 1. The molecule has 0 bridgehead atoms. The van der Waals surface area contributed by atoms with Gasteiger partial charge < -0.3 is 9.73 Å². The standard InChI is InChI=1S/C16H11BrClNO2/c1-9-11-7-6-10(17)8-14(11)21-15(9)16(20)19-13-5-3-2-4-12(13)18/h2-8H,1H3,(H,19,20). The number of carbonyl (C=O) groups excluding carboxylic acids is 1. The number of furan rings is 1. The largest absolute Gasteiger partial charge is 0.451 e. The van der Waals surface area contributed by atoms with E-state index in [1.807, 2.05) is 37.3 Å². The Morgan fingerprint density at radius 2 is 2.00 bits per heavy atom. The van der Waals surface area contributed by atoms with Gasteiger partial charge in [-0.25, -0.2) is 0 Å². The van der Waals surface area contributed by atoms with E-state index in [9.17, 15) is 4.79 Å². The van der Waals surface area contributed by atoms with Crippen molar-refractivity contribution in [2.75, 3.05) is 5.32 Å². The molecule has 106 valence electrons. The fourth-order valence-electron chi connectivity index (χ4n) is 2.16. The third-order valence-electron chi connectivity index (χ3n) is 3.23. The fraction of sp³-hybridized carbons (Fsp3) is 0.0625. The SMILES string of the molecule is Cc1c(C(=O)Nc2ccccc2Cl)oc2cc(Br)ccc12. The van der Waals surface area contributed by atoms with Crippen molar-refractivity contribution in [2.45, 2.75) is 6.92 Å². The van der Waals surface area contributed by atoms with Crippen LogP contribution in [0.5, 0.6) is 0 Å². The monoisotopic (exact) mass is 363 g/mol. The van der Waals surface area contributed by atoms with E-state index >= 15 is 0 Å². The summed E-state index contributed by atoms with van der Waals surface area (Å²) in [4.78, 5) is 12.4. The van der Waals surface area contributed by atoms with Crippen molar-refractivity contribution < 1.29 is 9.21 Å². The second kappa shape index (κ2) is 5.54. The minimum atomic E-state index is -0.312. The lowest BCUT2D eigenvalue weighted by Gasteiger charge is -2.05. The number of hydrogen-bond donors (Lipinski definition) is 1. The number of benzene rings is 2. The third kappa shape index (κ3) is 2.69. The molecule has 3 nitrogen and oxygen atoms in total. The molecule has 1 N–H and O–H groups in total. The Balaban J connectivity index is 1.98. The molecule has 0 spiro atoms. The van der Waals surface area contributed by atoms with Crippen LogP contribution in [0.2, 0.25) is 5.02 Å². The van der Waals surface area contributed by atoms with Gasteiger partial charge in [0.2, 0.25) is 0 Å². The number of aryl methyl sites for hydroxylation is 1. The number of amides is 1. The van der Waals surface area contributed by atoms with E-state index in [1.54, 1.807) is 12.1 Å². The van der Waals surface area contributed by atoms with Crippen LogP contribution in [0.3, 0.4) is 0 Å². The molecule has 0 radical (unpaired) electrons. The zero-order valence-corrected chi connectivity index (χ0v) is 13.5. The first-order valence-electron chi connectivity index (χ1n) is 6.31. The second-order valence-electron chi connectivity index (χ2n) is 4.63. The predicted octanol–water partition coefficient (Wildman–Crippen LogP) is 5.41. The first-order valence-corrected chi connectivity index (χ1v) is 7.48. The molecule has 3 aromatic rings. The first kappa shape index (κ1) is 14.2. The van der Waals surface area contributed by atoms with E-state index in [4.69, 9.17) is 16.0 Å². The number of rotatable bonds is 2. The third-order valence-corrected chi connectivity index (χ3v) is 4.05. The maximum absolute atomic E-state index is 12.4. The zero-order chi connectivity index (χ0) is 15.0. The van der Waals surface area contributed by atoms with E-state index in [1.165, 1.54) is 0 Å². The van der Waals surface area contributed by atoms with Crippen molar-refractivity contribution in [1.29, 1.82) is 0 Å². The molecule has 0 saturated heterocycles. The Kier molecular flexibility index (Phi) is 3.74. The molecule has 21 heavy (non-hydrogen) atoms. The van der Waals surface area contributed by atoms with Crippen LogP contribution in [0.1, 0.15) is 16.1 Å². The minimum absolute atomic E-state index is 0.294. The highest BCUT2D eigenvalue weighted by Crippen LogP contribution is 2.29. The average molecular weight is 365 g/mol. The van der Waals surface area contributed by atoms with Crippen molar-refractivity contribution in [3.8, 4) is 0 Å². The van der Waals surface area contributed by atoms with Crippen LogP contribution < -0.4 is 5.32 Å². The Morgan fingerprint density at radius 1 is 1.24 bits per heavy atom. The van der Waals surface area contributed by atoms with Gasteiger partial charge in [-0.3, -0.25) is 4.79 Å². The van der Waals surface area contributed by atoms with E-state index in [2.05, 4.69) is 21.2 Å². The van der Waals surface area contributed by atoms with E-state index in [0.717, 1.165) is 15.4 Å². The number of halogens is 2. The molecule has 1 amide bonds. The zero-order valence-electron chi connectivity index (χ0n) is 11.1. The molecule has 1 heterocycles. The van der Waals surface area contributed by atoms with Crippen LogP contribution in [0.25, 0.3) is 11.0 Å². The number of anilines is 1. The van der Waals surface area contributed by atoms with Crippen LogP contribution in [-0.2, 0) is 0 Å². The number of nitrogens with one attached hydrogen (secondary N) is 1. The summed E-state index contributed by atoms with van der Waals surface area (Å²) in [6.07, 6.45) is 0. The van der Waals surface area contributed by atoms with E-state index in [0.29, 0.717) is 22.1 Å². The fourth-order valence-corrected chi connectivity index (χ4v) is 2.68. The number of hydrogen-bond acceptors (Lipinski definition) is 2. The van der Waals surface area contributed by atoms with Crippen LogP contribution in [0.15, 0.2) is 51.4 Å². The van der Waals surface area contributed by atoms with Gasteiger partial charge in [-0.05, 0) is 37.3 Å². The Hall–Kier alpha value is -1.78. The molecular weight excluding hydrogens is 354 g/mol. The first-order chi connectivity index (χ1) is 10.1. The molecule has 0 fully saturated rings. The molecule has 0 aliphatic rings. The van der Waals surface area contributed by atoms with Gasteiger partial charge in [0.25, 0.3) is 5.91 Å². The van der Waals surface area contributed by atoms with Gasteiger partial charge in [0.1, 0.15) is 5.58 Å².